The van der Waals surface area contributed by atoms with E-state index >= 15 is 0 Å². The van der Waals surface area contributed by atoms with Crippen LogP contribution in [0.2, 0.25) is 0 Å². The molecule has 288 valence electrons. The van der Waals surface area contributed by atoms with Crippen LogP contribution in [0.3, 0.4) is 0 Å². The Bertz CT molecular complexity index is 2300. The number of Topliss-reactive ketones (excluding diaryl/α,β-unsaturated/α-hetero) is 1. The first kappa shape index (κ1) is 42.7. The van der Waals surface area contributed by atoms with Gasteiger partial charge in [-0.15, -0.1) is 12.4 Å². The zero-order chi connectivity index (χ0) is 38.7. The fourth-order valence-electron chi connectivity index (χ4n) is 6.16. The molecule has 0 saturated heterocycles. The van der Waals surface area contributed by atoms with Gasteiger partial charge in [0.05, 0.1) is 43.6 Å². The number of nitrogens with two attached hydrogens (primary N) is 1. The zero-order valence-electron chi connectivity index (χ0n) is 31.9. The van der Waals surface area contributed by atoms with Gasteiger partial charge in [-0.2, -0.15) is 0 Å². The largest absolute Gasteiger partial charge is 0.497 e. The van der Waals surface area contributed by atoms with E-state index in [4.69, 9.17) is 29.1 Å². The minimum absolute atomic E-state index is 0. The molecule has 0 aliphatic rings. The lowest BCUT2D eigenvalue weighted by molar-refractivity contribution is 0.101. The maximum atomic E-state index is 11.5. The highest BCUT2D eigenvalue weighted by molar-refractivity contribution is 6.10. The summed E-state index contributed by atoms with van der Waals surface area (Å²) in [6, 6.07) is 19.6. The van der Waals surface area contributed by atoms with Crippen molar-refractivity contribution in [3.05, 3.63) is 96.6 Å². The highest BCUT2D eigenvalue weighted by Crippen LogP contribution is 2.32. The molecule has 4 heterocycles. The number of oxime groups is 1. The molecular weight excluding hydrogens is 712 g/mol. The van der Waals surface area contributed by atoms with Crippen LogP contribution in [0, 0.1) is 0 Å². The fourth-order valence-corrected chi connectivity index (χ4v) is 6.16. The Morgan fingerprint density at radius 2 is 1.13 bits per heavy atom. The van der Waals surface area contributed by atoms with Crippen molar-refractivity contribution >= 4 is 56.6 Å². The molecule has 7 rings (SSSR count). The lowest BCUT2D eigenvalue weighted by Crippen LogP contribution is -1.93. The van der Waals surface area contributed by atoms with Crippen LogP contribution in [0.15, 0.2) is 95.2 Å². The number of hydrogen-bond donors (Lipinski definition) is 3. The molecular formula is C40H49ClN6O7. The second-order valence-corrected chi connectivity index (χ2v) is 11.8. The van der Waals surface area contributed by atoms with Crippen LogP contribution in [-0.4, -0.2) is 62.1 Å². The number of aryl methyl sites for hydroxylation is 3. The Hall–Kier alpha value is -5.76. The van der Waals surface area contributed by atoms with Gasteiger partial charge in [-0.05, 0) is 71.0 Å². The van der Waals surface area contributed by atoms with Gasteiger partial charge in [0.15, 0.2) is 5.78 Å². The molecule has 0 amide bonds. The minimum Gasteiger partial charge on any atom is -0.497 e. The van der Waals surface area contributed by atoms with Crippen molar-refractivity contribution in [2.45, 2.75) is 54.3 Å². The van der Waals surface area contributed by atoms with Crippen LogP contribution in [-0.2, 0) is 19.6 Å². The number of hydrogen-bond acceptors (Lipinski definition) is 10. The molecule has 0 fully saturated rings. The number of ether oxygens (including phenoxy) is 3. The number of carbonyl (C=O) groups is 1. The summed E-state index contributed by atoms with van der Waals surface area (Å²) in [6.07, 6.45) is 7.60. The summed E-state index contributed by atoms with van der Waals surface area (Å²) in [5.41, 5.74) is 7.58. The molecule has 4 aromatic heterocycles. The standard InChI is InChI=1S/C14H14N2O2.C13H16N2O2.C13H15NO2.ClH.H3NO/c1-3-16-9-12(13-6-7-18-15-13)11-5-4-10(17-2)8-14(11)16;1-4-15-8-12(9(2)14-16)11-6-5-10(17-3)7-13(11)15;1-4-14-8-12(9(2)15)11-6-5-10(16-3)7-13(11)14;;1-2/h4-9H,3H2,1-2H3;5-8,16H,4H2,1-3H3;5-8H,4H2,1-3H3;1H;2H,1H2/b;14-9+;;;. The van der Waals surface area contributed by atoms with Crippen molar-refractivity contribution in [1.82, 2.24) is 18.9 Å². The SMILES string of the molecule is CCn1cc(-c2ccon2)c2ccc(OC)cc21.CCn1cc(/C(C)=N/O)c2ccc(OC)cc21.CCn1cc(C(C)=O)c2ccc(OC)cc21.Cl.NO. The maximum absolute atomic E-state index is 11.5. The Morgan fingerprint density at radius 3 is 1.54 bits per heavy atom. The fraction of sp³-hybridized carbons (Fsp3) is 0.275. The zero-order valence-corrected chi connectivity index (χ0v) is 32.7. The lowest BCUT2D eigenvalue weighted by atomic mass is 10.1. The summed E-state index contributed by atoms with van der Waals surface area (Å²) < 4.78 is 27.0. The van der Waals surface area contributed by atoms with Crippen molar-refractivity contribution in [3.63, 3.8) is 0 Å². The van der Waals surface area contributed by atoms with Gasteiger partial charge in [0, 0.05) is 95.3 Å². The quantitative estimate of drug-likeness (QED) is 0.0564. The normalized spacial score (nSPS) is 10.7. The van der Waals surface area contributed by atoms with Gasteiger partial charge in [-0.1, -0.05) is 10.3 Å². The van der Waals surface area contributed by atoms with E-state index < -0.39 is 0 Å². The second-order valence-electron chi connectivity index (χ2n) is 11.8. The summed E-state index contributed by atoms with van der Waals surface area (Å²) in [4.78, 5) is 11.5. The molecule has 0 aliphatic heterocycles. The molecule has 0 unspecified atom stereocenters. The van der Waals surface area contributed by atoms with Gasteiger partial charge >= 0.3 is 0 Å². The van der Waals surface area contributed by atoms with Crippen molar-refractivity contribution in [1.29, 1.82) is 0 Å². The summed E-state index contributed by atoms with van der Waals surface area (Å²) in [7, 11) is 4.98. The predicted molar refractivity (Wildman–Crippen MR) is 215 cm³/mol. The van der Waals surface area contributed by atoms with E-state index in [1.165, 1.54) is 0 Å². The van der Waals surface area contributed by atoms with Crippen molar-refractivity contribution in [2.75, 3.05) is 21.3 Å². The number of fused-ring (bicyclic) bond motifs is 3. The summed E-state index contributed by atoms with van der Waals surface area (Å²) >= 11 is 0. The third-order valence-electron chi connectivity index (χ3n) is 8.92. The van der Waals surface area contributed by atoms with Crippen molar-refractivity contribution in [3.8, 4) is 28.5 Å². The number of carbonyl (C=O) groups excluding carboxylic acids is 1. The number of aromatic nitrogens is 4. The Balaban J connectivity index is 0.000000211. The molecule has 0 spiro atoms. The Labute approximate surface area is 320 Å². The summed E-state index contributed by atoms with van der Waals surface area (Å²) in [6.45, 7) is 12.3. The average molecular weight is 761 g/mol. The number of nitrogens with zero attached hydrogens (tertiary/aromatic N) is 5. The summed E-state index contributed by atoms with van der Waals surface area (Å²) in [5, 5.41) is 25.9. The molecule has 13 nitrogen and oxygen atoms in total. The average Bonchev–Trinajstić information content (AvgIpc) is 4.02. The highest BCUT2D eigenvalue weighted by Gasteiger charge is 2.14. The van der Waals surface area contributed by atoms with Gasteiger partial charge in [-0.3, -0.25) is 4.79 Å². The van der Waals surface area contributed by atoms with Gasteiger partial charge in [-0.25, -0.2) is 5.90 Å². The maximum Gasteiger partial charge on any atom is 0.161 e. The molecule has 4 N–H and O–H groups in total. The van der Waals surface area contributed by atoms with Crippen LogP contribution in [0.4, 0.5) is 0 Å². The first-order chi connectivity index (χ1) is 25.7. The van der Waals surface area contributed by atoms with E-state index in [1.54, 1.807) is 41.4 Å². The van der Waals surface area contributed by atoms with Crippen molar-refractivity contribution in [2.24, 2.45) is 11.1 Å². The summed E-state index contributed by atoms with van der Waals surface area (Å²) in [5.74, 6) is 6.11. The van der Waals surface area contributed by atoms with E-state index in [2.05, 4.69) is 62.9 Å². The molecule has 0 radical (unpaired) electrons. The third kappa shape index (κ3) is 9.05. The lowest BCUT2D eigenvalue weighted by Gasteiger charge is -2.03. The van der Waals surface area contributed by atoms with E-state index in [0.717, 1.165) is 92.0 Å². The Morgan fingerprint density at radius 1 is 0.704 bits per heavy atom. The molecule has 0 saturated carbocycles. The second kappa shape index (κ2) is 19.9. The van der Waals surface area contributed by atoms with Crippen LogP contribution in [0.1, 0.15) is 50.5 Å². The topological polar surface area (TPSA) is 164 Å². The van der Waals surface area contributed by atoms with Crippen molar-refractivity contribution < 1.29 is 33.9 Å². The third-order valence-corrected chi connectivity index (χ3v) is 8.92. The Kier molecular flexibility index (Phi) is 15.7. The molecule has 0 aliphatic carbocycles. The van der Waals surface area contributed by atoms with E-state index in [9.17, 15) is 4.79 Å². The number of rotatable bonds is 9. The number of methoxy groups -OCH3 is 3. The molecule has 54 heavy (non-hydrogen) atoms. The molecule has 0 atom stereocenters. The minimum atomic E-state index is 0. The van der Waals surface area contributed by atoms with E-state index in [1.807, 2.05) is 67.0 Å². The van der Waals surface area contributed by atoms with Gasteiger partial charge in [0.25, 0.3) is 0 Å². The van der Waals surface area contributed by atoms with Gasteiger partial charge in [0.1, 0.15) is 29.2 Å². The van der Waals surface area contributed by atoms with E-state index in [0.29, 0.717) is 5.71 Å². The van der Waals surface area contributed by atoms with Gasteiger partial charge < -0.3 is 42.8 Å². The molecule has 7 aromatic rings. The molecule has 0 bridgehead atoms. The highest BCUT2D eigenvalue weighted by atomic mass is 35.5. The van der Waals surface area contributed by atoms with Gasteiger partial charge in [0.2, 0.25) is 0 Å². The predicted octanol–water partition coefficient (Wildman–Crippen LogP) is 8.82. The van der Waals surface area contributed by atoms with Crippen LogP contribution in [0.5, 0.6) is 17.2 Å². The smallest absolute Gasteiger partial charge is 0.161 e. The monoisotopic (exact) mass is 760 g/mol. The van der Waals surface area contributed by atoms with Crippen LogP contribution >= 0.6 is 12.4 Å². The number of ketones is 1. The first-order valence-corrected chi connectivity index (χ1v) is 17.1. The number of halogens is 1. The van der Waals surface area contributed by atoms with Crippen LogP contribution < -0.4 is 20.1 Å². The molecule has 3 aromatic carbocycles. The van der Waals surface area contributed by atoms with E-state index in [-0.39, 0.29) is 18.2 Å². The van der Waals surface area contributed by atoms with Crippen LogP contribution in [0.25, 0.3) is 44.0 Å². The number of benzene rings is 3. The first-order valence-electron chi connectivity index (χ1n) is 17.1. The molecule has 14 heteroatoms.